The summed E-state index contributed by atoms with van der Waals surface area (Å²) >= 11 is 0. The van der Waals surface area contributed by atoms with Crippen molar-refractivity contribution in [3.8, 4) is 0 Å². The second kappa shape index (κ2) is 6.68. The Kier molecular flexibility index (Phi) is 5.16. The van der Waals surface area contributed by atoms with Gasteiger partial charge in [-0.3, -0.25) is 0 Å². The van der Waals surface area contributed by atoms with E-state index in [0.717, 1.165) is 25.4 Å². The van der Waals surface area contributed by atoms with Crippen LogP contribution in [0, 0.1) is 11.8 Å². The van der Waals surface area contributed by atoms with E-state index in [0.29, 0.717) is 24.3 Å². The van der Waals surface area contributed by atoms with Crippen LogP contribution >= 0.6 is 0 Å². The summed E-state index contributed by atoms with van der Waals surface area (Å²) in [6.07, 6.45) is 3.41. The molecule has 2 heterocycles. The van der Waals surface area contributed by atoms with E-state index in [1.165, 1.54) is 12.8 Å². The number of hydrogen-bond acceptors (Lipinski definition) is 5. The fourth-order valence-corrected chi connectivity index (χ4v) is 2.81. The minimum atomic E-state index is -0.480. The average Bonchev–Trinajstić information content (AvgIpc) is 2.89. The summed E-state index contributed by atoms with van der Waals surface area (Å²) in [4.78, 5) is 4.51. The van der Waals surface area contributed by atoms with Gasteiger partial charge in [-0.2, -0.15) is 4.98 Å². The van der Waals surface area contributed by atoms with Crippen molar-refractivity contribution in [3.05, 3.63) is 11.7 Å². The van der Waals surface area contributed by atoms with E-state index in [2.05, 4.69) is 22.4 Å². The molecule has 5 nitrogen and oxygen atoms in total. The first-order valence-corrected chi connectivity index (χ1v) is 7.70. The molecule has 2 unspecified atom stereocenters. The van der Waals surface area contributed by atoms with Crippen LogP contribution in [0.5, 0.6) is 0 Å². The second-order valence-electron chi connectivity index (χ2n) is 6.24. The fourth-order valence-electron chi connectivity index (χ4n) is 2.81. The summed E-state index contributed by atoms with van der Waals surface area (Å²) in [5, 5.41) is 7.54. The van der Waals surface area contributed by atoms with E-state index in [4.69, 9.17) is 9.26 Å². The van der Waals surface area contributed by atoms with Gasteiger partial charge in [0.2, 0.25) is 11.7 Å². The van der Waals surface area contributed by atoms with Gasteiger partial charge in [0.05, 0.1) is 0 Å². The molecule has 0 amide bonds. The van der Waals surface area contributed by atoms with E-state index in [-0.39, 0.29) is 0 Å². The van der Waals surface area contributed by atoms with Crippen LogP contribution in [0.25, 0.3) is 0 Å². The Morgan fingerprint density at radius 2 is 2.30 bits per heavy atom. The highest BCUT2D eigenvalue weighted by molar-refractivity contribution is 4.98. The molecule has 1 aliphatic rings. The number of nitrogens with zero attached hydrogens (tertiary/aromatic N) is 2. The summed E-state index contributed by atoms with van der Waals surface area (Å²) in [6, 6.07) is 0. The topological polar surface area (TPSA) is 60.2 Å². The van der Waals surface area contributed by atoms with E-state index in [1.54, 1.807) is 0 Å². The fraction of sp³-hybridized carbons (Fsp3) is 0.867. The van der Waals surface area contributed by atoms with Gasteiger partial charge in [-0.1, -0.05) is 12.1 Å². The number of ether oxygens (including phenoxy) is 1. The molecular weight excluding hydrogens is 254 g/mol. The Balaban J connectivity index is 1.95. The van der Waals surface area contributed by atoms with E-state index >= 15 is 0 Å². The zero-order chi connectivity index (χ0) is 14.6. The number of aromatic nitrogens is 2. The summed E-state index contributed by atoms with van der Waals surface area (Å²) in [6.45, 7) is 11.1. The standard InChI is InChI=1S/C15H27N3O2/c1-5-19-15(3,4)14-17-13(20-18-14)9-11(2)12-7-6-8-16-10-12/h11-12,16H,5-10H2,1-4H3. The van der Waals surface area contributed by atoms with Gasteiger partial charge in [0.1, 0.15) is 5.60 Å². The lowest BCUT2D eigenvalue weighted by Crippen LogP contribution is -2.34. The van der Waals surface area contributed by atoms with Crippen LogP contribution in [-0.4, -0.2) is 29.8 Å². The first-order chi connectivity index (χ1) is 9.53. The highest BCUT2D eigenvalue weighted by Crippen LogP contribution is 2.25. The molecule has 0 aromatic carbocycles. The van der Waals surface area contributed by atoms with Crippen LogP contribution in [-0.2, 0) is 16.8 Å². The predicted molar refractivity (Wildman–Crippen MR) is 77.4 cm³/mol. The Morgan fingerprint density at radius 3 is 2.95 bits per heavy atom. The molecule has 2 rings (SSSR count). The summed E-state index contributed by atoms with van der Waals surface area (Å²) in [5.74, 6) is 2.64. The Hall–Kier alpha value is -0.940. The molecule has 0 spiro atoms. The van der Waals surface area contributed by atoms with E-state index < -0.39 is 5.60 Å². The Morgan fingerprint density at radius 1 is 1.50 bits per heavy atom. The van der Waals surface area contributed by atoms with Crippen molar-refractivity contribution in [1.29, 1.82) is 0 Å². The summed E-state index contributed by atoms with van der Waals surface area (Å²) < 4.78 is 11.1. The minimum absolute atomic E-state index is 0.480. The number of hydrogen-bond donors (Lipinski definition) is 1. The van der Waals surface area contributed by atoms with E-state index in [1.807, 2.05) is 20.8 Å². The van der Waals surface area contributed by atoms with Crippen molar-refractivity contribution in [2.45, 2.75) is 52.6 Å². The van der Waals surface area contributed by atoms with Crippen molar-refractivity contribution in [1.82, 2.24) is 15.5 Å². The maximum Gasteiger partial charge on any atom is 0.227 e. The number of nitrogens with one attached hydrogen (secondary N) is 1. The molecule has 0 radical (unpaired) electrons. The molecule has 1 fully saturated rings. The van der Waals surface area contributed by atoms with Gasteiger partial charge in [0.15, 0.2) is 0 Å². The molecule has 1 aromatic rings. The third kappa shape index (κ3) is 3.79. The van der Waals surface area contributed by atoms with Crippen molar-refractivity contribution in [3.63, 3.8) is 0 Å². The van der Waals surface area contributed by atoms with Crippen LogP contribution in [0.15, 0.2) is 4.52 Å². The molecule has 1 saturated heterocycles. The Bertz CT molecular complexity index is 411. The van der Waals surface area contributed by atoms with Gasteiger partial charge in [-0.25, -0.2) is 0 Å². The van der Waals surface area contributed by atoms with Crippen LogP contribution in [0.2, 0.25) is 0 Å². The normalized spacial score (nSPS) is 21.9. The molecule has 0 aliphatic carbocycles. The van der Waals surface area contributed by atoms with E-state index in [9.17, 15) is 0 Å². The van der Waals surface area contributed by atoms with Crippen LogP contribution < -0.4 is 5.32 Å². The lowest BCUT2D eigenvalue weighted by Gasteiger charge is -2.27. The van der Waals surface area contributed by atoms with Crippen LogP contribution in [0.1, 0.15) is 52.3 Å². The van der Waals surface area contributed by atoms with Crippen LogP contribution in [0.3, 0.4) is 0 Å². The molecule has 1 aromatic heterocycles. The maximum absolute atomic E-state index is 5.66. The number of rotatable bonds is 6. The SMILES string of the molecule is CCOC(C)(C)c1noc(CC(C)C2CCCNC2)n1. The van der Waals surface area contributed by atoms with Crippen molar-refractivity contribution in [2.24, 2.45) is 11.8 Å². The molecule has 2 atom stereocenters. The Labute approximate surface area is 121 Å². The molecule has 114 valence electrons. The molecule has 0 bridgehead atoms. The molecule has 5 heteroatoms. The van der Waals surface area contributed by atoms with Crippen molar-refractivity contribution < 1.29 is 9.26 Å². The van der Waals surface area contributed by atoms with Gasteiger partial charge < -0.3 is 14.6 Å². The first kappa shape index (κ1) is 15.4. The molecule has 0 saturated carbocycles. The monoisotopic (exact) mass is 281 g/mol. The first-order valence-electron chi connectivity index (χ1n) is 7.70. The average molecular weight is 281 g/mol. The van der Waals surface area contributed by atoms with Gasteiger partial charge >= 0.3 is 0 Å². The summed E-state index contributed by atoms with van der Waals surface area (Å²) in [7, 11) is 0. The molecular formula is C15H27N3O2. The third-order valence-electron chi connectivity index (χ3n) is 4.15. The highest BCUT2D eigenvalue weighted by atomic mass is 16.5. The third-order valence-corrected chi connectivity index (χ3v) is 4.15. The molecule has 1 N–H and O–H groups in total. The zero-order valence-electron chi connectivity index (χ0n) is 13.1. The second-order valence-corrected chi connectivity index (χ2v) is 6.24. The van der Waals surface area contributed by atoms with Crippen LogP contribution in [0.4, 0.5) is 0 Å². The maximum atomic E-state index is 5.66. The van der Waals surface area contributed by atoms with Gasteiger partial charge in [-0.05, 0) is 58.5 Å². The van der Waals surface area contributed by atoms with Crippen molar-refractivity contribution >= 4 is 0 Å². The predicted octanol–water partition coefficient (Wildman–Crippen LogP) is 2.52. The van der Waals surface area contributed by atoms with Gasteiger partial charge in [0, 0.05) is 13.0 Å². The molecule has 20 heavy (non-hydrogen) atoms. The van der Waals surface area contributed by atoms with Gasteiger partial charge in [0.25, 0.3) is 0 Å². The van der Waals surface area contributed by atoms with Gasteiger partial charge in [-0.15, -0.1) is 0 Å². The van der Waals surface area contributed by atoms with Crippen molar-refractivity contribution in [2.75, 3.05) is 19.7 Å². The summed E-state index contributed by atoms with van der Waals surface area (Å²) in [5.41, 5.74) is -0.480. The zero-order valence-corrected chi connectivity index (χ0v) is 13.1. The highest BCUT2D eigenvalue weighted by Gasteiger charge is 2.28. The smallest absolute Gasteiger partial charge is 0.227 e. The largest absolute Gasteiger partial charge is 0.368 e. The number of piperidine rings is 1. The molecule has 1 aliphatic heterocycles. The minimum Gasteiger partial charge on any atom is -0.368 e. The lowest BCUT2D eigenvalue weighted by molar-refractivity contribution is -0.0221. The quantitative estimate of drug-likeness (QED) is 0.868. The lowest BCUT2D eigenvalue weighted by atomic mass is 9.85.